The van der Waals surface area contributed by atoms with Gasteiger partial charge in [-0.1, -0.05) is 13.8 Å². The van der Waals surface area contributed by atoms with Crippen molar-refractivity contribution in [1.29, 1.82) is 0 Å². The second-order valence-electron chi connectivity index (χ2n) is 4.30. The van der Waals surface area contributed by atoms with E-state index in [9.17, 15) is 4.79 Å². The molecule has 0 aliphatic carbocycles. The first kappa shape index (κ1) is 13.1. The number of hydrogen-bond donors (Lipinski definition) is 1. The maximum atomic E-state index is 11.8. The van der Waals surface area contributed by atoms with E-state index in [2.05, 4.69) is 18.8 Å². The van der Waals surface area contributed by atoms with Crippen LogP contribution in [0.15, 0.2) is 10.9 Å². The van der Waals surface area contributed by atoms with Gasteiger partial charge in [0.25, 0.3) is 5.91 Å². The minimum absolute atomic E-state index is 0.0304. The molecule has 0 aliphatic heterocycles. The van der Waals surface area contributed by atoms with Crippen molar-refractivity contribution in [3.63, 3.8) is 0 Å². The van der Waals surface area contributed by atoms with Crippen molar-refractivity contribution in [1.82, 2.24) is 9.88 Å². The highest BCUT2D eigenvalue weighted by molar-refractivity contribution is 7.07. The quantitative estimate of drug-likeness (QED) is 0.851. The number of nitrogens with two attached hydrogens (primary N) is 1. The van der Waals surface area contributed by atoms with Crippen LogP contribution in [-0.4, -0.2) is 35.4 Å². The van der Waals surface area contributed by atoms with Gasteiger partial charge in [-0.05, 0) is 12.3 Å². The molecule has 5 heteroatoms. The Morgan fingerprint density at radius 3 is 2.81 bits per heavy atom. The van der Waals surface area contributed by atoms with Gasteiger partial charge in [0, 0.05) is 25.0 Å². The molecule has 0 aliphatic rings. The van der Waals surface area contributed by atoms with Gasteiger partial charge in [0.1, 0.15) is 5.69 Å². The van der Waals surface area contributed by atoms with Gasteiger partial charge in [0.15, 0.2) is 0 Å². The van der Waals surface area contributed by atoms with Gasteiger partial charge in [0.2, 0.25) is 0 Å². The molecule has 2 N–H and O–H groups in total. The van der Waals surface area contributed by atoms with Crippen LogP contribution < -0.4 is 5.73 Å². The topological polar surface area (TPSA) is 59.2 Å². The highest BCUT2D eigenvalue weighted by Crippen LogP contribution is 2.07. The van der Waals surface area contributed by atoms with Crippen molar-refractivity contribution < 1.29 is 4.79 Å². The van der Waals surface area contributed by atoms with Crippen LogP contribution in [0.1, 0.15) is 30.8 Å². The first-order valence-corrected chi connectivity index (χ1v) is 6.36. The molecule has 0 spiro atoms. The van der Waals surface area contributed by atoms with Gasteiger partial charge in [-0.15, -0.1) is 11.3 Å². The molecule has 0 saturated carbocycles. The Morgan fingerprint density at radius 2 is 2.31 bits per heavy atom. The van der Waals surface area contributed by atoms with E-state index in [1.54, 1.807) is 22.8 Å². The zero-order valence-electron chi connectivity index (χ0n) is 10.0. The summed E-state index contributed by atoms with van der Waals surface area (Å²) in [5, 5.41) is 1.77. The third kappa shape index (κ3) is 3.57. The lowest BCUT2D eigenvalue weighted by molar-refractivity contribution is 0.0784. The molecule has 16 heavy (non-hydrogen) atoms. The van der Waals surface area contributed by atoms with Crippen molar-refractivity contribution in [3.8, 4) is 0 Å². The maximum absolute atomic E-state index is 11.8. The lowest BCUT2D eigenvalue weighted by atomic mass is 10.0. The summed E-state index contributed by atoms with van der Waals surface area (Å²) in [5.74, 6) is 0.417. The van der Waals surface area contributed by atoms with Crippen LogP contribution in [0.25, 0.3) is 0 Å². The van der Waals surface area contributed by atoms with Crippen molar-refractivity contribution in [2.24, 2.45) is 11.7 Å². The number of rotatable bonds is 5. The third-order valence-corrected chi connectivity index (χ3v) is 3.24. The maximum Gasteiger partial charge on any atom is 0.273 e. The van der Waals surface area contributed by atoms with Gasteiger partial charge in [-0.25, -0.2) is 4.98 Å². The van der Waals surface area contributed by atoms with Crippen molar-refractivity contribution >= 4 is 17.2 Å². The molecule has 1 rings (SSSR count). The number of amides is 1. The highest BCUT2D eigenvalue weighted by atomic mass is 32.1. The van der Waals surface area contributed by atoms with Crippen LogP contribution in [0.4, 0.5) is 0 Å². The predicted octanol–water partition coefficient (Wildman–Crippen LogP) is 1.59. The minimum Gasteiger partial charge on any atom is -0.340 e. The van der Waals surface area contributed by atoms with E-state index >= 15 is 0 Å². The molecule has 1 aromatic heterocycles. The number of carbonyl (C=O) groups excluding carboxylic acids is 1. The average molecular weight is 241 g/mol. The third-order valence-electron chi connectivity index (χ3n) is 2.65. The molecule has 90 valence electrons. The summed E-state index contributed by atoms with van der Waals surface area (Å²) in [6, 6.07) is 0.144. The first-order chi connectivity index (χ1) is 7.52. The monoisotopic (exact) mass is 241 g/mol. The molecule has 0 aromatic carbocycles. The molecule has 1 amide bonds. The van der Waals surface area contributed by atoms with Crippen LogP contribution in [0.5, 0.6) is 0 Å². The molecule has 0 radical (unpaired) electrons. The van der Waals surface area contributed by atoms with E-state index < -0.39 is 0 Å². The van der Waals surface area contributed by atoms with E-state index in [1.807, 2.05) is 0 Å². The Kier molecular flexibility index (Phi) is 4.89. The van der Waals surface area contributed by atoms with Gasteiger partial charge >= 0.3 is 0 Å². The van der Waals surface area contributed by atoms with Gasteiger partial charge in [0.05, 0.1) is 5.51 Å². The zero-order valence-corrected chi connectivity index (χ0v) is 10.8. The van der Waals surface area contributed by atoms with Gasteiger partial charge in [-0.2, -0.15) is 0 Å². The molecule has 1 heterocycles. The number of nitrogens with zero attached hydrogens (tertiary/aromatic N) is 2. The molecule has 0 bridgehead atoms. The summed E-state index contributed by atoms with van der Waals surface area (Å²) in [4.78, 5) is 17.5. The smallest absolute Gasteiger partial charge is 0.273 e. The standard InChI is InChI=1S/C11H19N3OS/c1-8(2)9(12)4-5-14(3)11(15)10-6-16-7-13-10/h6-9H,4-5,12H2,1-3H3. The van der Waals surface area contributed by atoms with Crippen LogP contribution in [0, 0.1) is 5.92 Å². The van der Waals surface area contributed by atoms with Crippen LogP contribution in [0.3, 0.4) is 0 Å². The fourth-order valence-electron chi connectivity index (χ4n) is 1.29. The van der Waals surface area contributed by atoms with Crippen LogP contribution in [-0.2, 0) is 0 Å². The zero-order chi connectivity index (χ0) is 12.1. The van der Waals surface area contributed by atoms with Crippen LogP contribution in [0.2, 0.25) is 0 Å². The number of thiazole rings is 1. The van der Waals surface area contributed by atoms with Crippen molar-refractivity contribution in [2.75, 3.05) is 13.6 Å². The summed E-state index contributed by atoms with van der Waals surface area (Å²) in [5.41, 5.74) is 8.12. The van der Waals surface area contributed by atoms with E-state index in [-0.39, 0.29) is 11.9 Å². The van der Waals surface area contributed by atoms with E-state index in [4.69, 9.17) is 5.73 Å². The first-order valence-electron chi connectivity index (χ1n) is 5.41. The summed E-state index contributed by atoms with van der Waals surface area (Å²) in [6.07, 6.45) is 0.823. The van der Waals surface area contributed by atoms with Crippen molar-refractivity contribution in [3.05, 3.63) is 16.6 Å². The van der Waals surface area contributed by atoms with E-state index in [0.717, 1.165) is 6.42 Å². The Balaban J connectivity index is 2.41. The Labute approximate surface area is 100 Å². The molecule has 0 fully saturated rings. The lowest BCUT2D eigenvalue weighted by Crippen LogP contribution is -2.34. The Bertz CT molecular complexity index is 324. The Hall–Kier alpha value is -0.940. The fraction of sp³-hybridized carbons (Fsp3) is 0.636. The molecule has 4 nitrogen and oxygen atoms in total. The Morgan fingerprint density at radius 1 is 1.62 bits per heavy atom. The number of carbonyl (C=O) groups is 1. The van der Waals surface area contributed by atoms with E-state index in [1.165, 1.54) is 11.3 Å². The largest absolute Gasteiger partial charge is 0.340 e. The molecule has 0 saturated heterocycles. The SMILES string of the molecule is CC(C)C(N)CCN(C)C(=O)c1cscn1. The number of aromatic nitrogens is 1. The lowest BCUT2D eigenvalue weighted by Gasteiger charge is -2.20. The minimum atomic E-state index is -0.0304. The summed E-state index contributed by atoms with van der Waals surface area (Å²) in [7, 11) is 1.79. The molecule has 1 unspecified atom stereocenters. The average Bonchev–Trinajstić information content (AvgIpc) is 2.77. The van der Waals surface area contributed by atoms with E-state index in [0.29, 0.717) is 18.2 Å². The fourth-order valence-corrected chi connectivity index (χ4v) is 1.82. The summed E-state index contributed by atoms with van der Waals surface area (Å²) >= 11 is 1.43. The predicted molar refractivity (Wildman–Crippen MR) is 66.5 cm³/mol. The molecular formula is C11H19N3OS. The van der Waals surface area contributed by atoms with Gasteiger partial charge < -0.3 is 10.6 Å². The van der Waals surface area contributed by atoms with Crippen LogP contribution >= 0.6 is 11.3 Å². The normalized spacial score (nSPS) is 12.8. The highest BCUT2D eigenvalue weighted by Gasteiger charge is 2.15. The molecule has 1 atom stereocenters. The second kappa shape index (κ2) is 5.96. The molecule has 1 aromatic rings. The molecular weight excluding hydrogens is 222 g/mol. The van der Waals surface area contributed by atoms with Crippen molar-refractivity contribution in [2.45, 2.75) is 26.3 Å². The summed E-state index contributed by atoms with van der Waals surface area (Å²) in [6.45, 7) is 4.86. The number of hydrogen-bond acceptors (Lipinski definition) is 4. The van der Waals surface area contributed by atoms with Gasteiger partial charge in [-0.3, -0.25) is 4.79 Å². The second-order valence-corrected chi connectivity index (χ2v) is 5.02. The summed E-state index contributed by atoms with van der Waals surface area (Å²) < 4.78 is 0.